The second-order valence-electron chi connectivity index (χ2n) is 6.83. The molecular weight excluding hydrogens is 322 g/mol. The minimum absolute atomic E-state index is 0.164. The number of rotatable bonds is 3. The van der Waals surface area contributed by atoms with E-state index >= 15 is 0 Å². The van der Waals surface area contributed by atoms with Crippen molar-refractivity contribution in [2.75, 3.05) is 18.0 Å². The van der Waals surface area contributed by atoms with Gasteiger partial charge in [0.2, 0.25) is 11.8 Å². The molecule has 0 saturated carbocycles. The summed E-state index contributed by atoms with van der Waals surface area (Å²) in [5.41, 5.74) is 0.416. The van der Waals surface area contributed by atoms with Crippen LogP contribution in [0.2, 0.25) is 0 Å². The lowest BCUT2D eigenvalue weighted by Gasteiger charge is -2.31. The van der Waals surface area contributed by atoms with Gasteiger partial charge in [0, 0.05) is 32.0 Å². The summed E-state index contributed by atoms with van der Waals surface area (Å²) in [4.78, 5) is 26.3. The van der Waals surface area contributed by atoms with Gasteiger partial charge >= 0.3 is 0 Å². The molecular formula is C16H21N7O2. The molecule has 1 aliphatic rings. The first-order chi connectivity index (χ1) is 12.0. The zero-order valence-corrected chi connectivity index (χ0v) is 14.6. The molecule has 0 radical (unpaired) electrons. The summed E-state index contributed by atoms with van der Waals surface area (Å²) < 4.78 is 6.95. The lowest BCUT2D eigenvalue weighted by molar-refractivity contribution is 0.354. The van der Waals surface area contributed by atoms with Crippen LogP contribution in [0, 0.1) is 0 Å². The fourth-order valence-electron chi connectivity index (χ4n) is 3.20. The van der Waals surface area contributed by atoms with E-state index in [9.17, 15) is 4.79 Å². The Morgan fingerprint density at radius 3 is 2.96 bits per heavy atom. The summed E-state index contributed by atoms with van der Waals surface area (Å²) in [5.74, 6) is 2.34. The van der Waals surface area contributed by atoms with Crippen LogP contribution in [-0.2, 0) is 7.05 Å². The van der Waals surface area contributed by atoms with Gasteiger partial charge in [-0.1, -0.05) is 19.0 Å². The first-order valence-corrected chi connectivity index (χ1v) is 8.53. The van der Waals surface area contributed by atoms with Crippen LogP contribution >= 0.6 is 0 Å². The molecule has 9 nitrogen and oxygen atoms in total. The van der Waals surface area contributed by atoms with Crippen molar-refractivity contribution in [2.45, 2.75) is 38.5 Å². The number of aromatic nitrogens is 6. The van der Waals surface area contributed by atoms with Crippen molar-refractivity contribution < 1.29 is 4.52 Å². The van der Waals surface area contributed by atoms with Crippen molar-refractivity contribution >= 4 is 17.0 Å². The number of anilines is 1. The van der Waals surface area contributed by atoms with E-state index in [1.165, 1.54) is 6.20 Å². The molecule has 0 bridgehead atoms. The number of aryl methyl sites for hydroxylation is 1. The highest BCUT2D eigenvalue weighted by molar-refractivity contribution is 5.74. The van der Waals surface area contributed by atoms with Crippen molar-refractivity contribution in [2.24, 2.45) is 7.05 Å². The molecule has 4 heterocycles. The lowest BCUT2D eigenvalue weighted by atomic mass is 9.97. The smallest absolute Gasteiger partial charge is 0.263 e. The number of aromatic amines is 1. The summed E-state index contributed by atoms with van der Waals surface area (Å²) in [6, 6.07) is 0. The van der Waals surface area contributed by atoms with Gasteiger partial charge in [-0.2, -0.15) is 15.1 Å². The summed E-state index contributed by atoms with van der Waals surface area (Å²) in [7, 11) is 1.78. The molecule has 0 spiro atoms. The van der Waals surface area contributed by atoms with E-state index in [1.807, 2.05) is 13.8 Å². The predicted octanol–water partition coefficient (Wildman–Crippen LogP) is 1.55. The highest BCUT2D eigenvalue weighted by atomic mass is 16.5. The fraction of sp³-hybridized carbons (Fsp3) is 0.562. The number of fused-ring (bicyclic) bond motifs is 1. The Morgan fingerprint density at radius 2 is 2.20 bits per heavy atom. The largest absolute Gasteiger partial charge is 0.342 e. The molecule has 132 valence electrons. The van der Waals surface area contributed by atoms with Crippen LogP contribution in [0.4, 0.5) is 5.95 Å². The average Bonchev–Trinajstić information content (AvgIpc) is 3.23. The Labute approximate surface area is 144 Å². The van der Waals surface area contributed by atoms with E-state index in [0.29, 0.717) is 29.4 Å². The van der Waals surface area contributed by atoms with Gasteiger partial charge in [0.1, 0.15) is 5.39 Å². The van der Waals surface area contributed by atoms with Gasteiger partial charge in [-0.25, -0.2) is 0 Å². The molecule has 1 saturated heterocycles. The van der Waals surface area contributed by atoms with Gasteiger partial charge < -0.3 is 9.42 Å². The van der Waals surface area contributed by atoms with Crippen molar-refractivity contribution in [3.05, 3.63) is 28.3 Å². The maximum Gasteiger partial charge on any atom is 0.263 e. The molecule has 3 aromatic rings. The van der Waals surface area contributed by atoms with Crippen molar-refractivity contribution in [3.8, 4) is 0 Å². The molecule has 1 N–H and O–H groups in total. The van der Waals surface area contributed by atoms with E-state index in [-0.39, 0.29) is 17.4 Å². The Bertz CT molecular complexity index is 955. The van der Waals surface area contributed by atoms with Crippen molar-refractivity contribution in [1.82, 2.24) is 29.9 Å². The monoisotopic (exact) mass is 343 g/mol. The van der Waals surface area contributed by atoms with E-state index in [2.05, 4.69) is 30.1 Å². The van der Waals surface area contributed by atoms with Gasteiger partial charge in [-0.15, -0.1) is 0 Å². The molecule has 1 aliphatic heterocycles. The van der Waals surface area contributed by atoms with Gasteiger partial charge in [-0.3, -0.25) is 14.5 Å². The zero-order chi connectivity index (χ0) is 17.6. The van der Waals surface area contributed by atoms with Crippen LogP contribution in [0.25, 0.3) is 11.0 Å². The third kappa shape index (κ3) is 2.79. The van der Waals surface area contributed by atoms with Gasteiger partial charge in [0.05, 0.1) is 6.20 Å². The maximum absolute atomic E-state index is 12.3. The number of H-pyrrole nitrogens is 1. The Balaban J connectivity index is 1.62. The summed E-state index contributed by atoms with van der Waals surface area (Å²) in [6.45, 7) is 5.59. The molecule has 0 unspecified atom stereocenters. The number of hydrogen-bond acceptors (Lipinski definition) is 7. The molecule has 0 aliphatic carbocycles. The van der Waals surface area contributed by atoms with Gasteiger partial charge in [-0.05, 0) is 12.8 Å². The van der Waals surface area contributed by atoms with Crippen LogP contribution in [-0.4, -0.2) is 43.0 Å². The van der Waals surface area contributed by atoms with Crippen molar-refractivity contribution in [3.63, 3.8) is 0 Å². The Hall–Kier alpha value is -2.71. The van der Waals surface area contributed by atoms with E-state index in [0.717, 1.165) is 25.2 Å². The topological polar surface area (TPSA) is 106 Å². The minimum atomic E-state index is -0.170. The fourth-order valence-corrected chi connectivity index (χ4v) is 3.20. The average molecular weight is 343 g/mol. The number of piperidine rings is 1. The SMILES string of the molecule is CC(C)c1nc([C@@H]2CCCN(c3nc4c(cnn4C)c(=O)[nH]3)C2)no1. The Morgan fingerprint density at radius 1 is 1.36 bits per heavy atom. The van der Waals surface area contributed by atoms with E-state index in [1.54, 1.807) is 11.7 Å². The minimum Gasteiger partial charge on any atom is -0.342 e. The molecule has 0 amide bonds. The molecule has 25 heavy (non-hydrogen) atoms. The van der Waals surface area contributed by atoms with Gasteiger partial charge in [0.15, 0.2) is 11.5 Å². The third-order valence-electron chi connectivity index (χ3n) is 4.63. The summed E-state index contributed by atoms with van der Waals surface area (Å²) in [5, 5.41) is 8.75. The third-order valence-corrected chi connectivity index (χ3v) is 4.63. The summed E-state index contributed by atoms with van der Waals surface area (Å²) >= 11 is 0. The highest BCUT2D eigenvalue weighted by Crippen LogP contribution is 2.28. The van der Waals surface area contributed by atoms with Crippen LogP contribution in [0.3, 0.4) is 0 Å². The standard InChI is InChI=1S/C16H21N7O2/c1-9(2)15-18-12(21-25-15)10-5-4-6-23(8-10)16-19-13-11(14(24)20-16)7-17-22(13)3/h7,9-10H,4-6,8H2,1-3H3,(H,19,20,24)/t10-/m1/s1. The number of hydrogen-bond donors (Lipinski definition) is 1. The van der Waals surface area contributed by atoms with E-state index in [4.69, 9.17) is 4.52 Å². The summed E-state index contributed by atoms with van der Waals surface area (Å²) in [6.07, 6.45) is 3.51. The Kier molecular flexibility index (Phi) is 3.78. The second kappa shape index (κ2) is 5.98. The van der Waals surface area contributed by atoms with Crippen LogP contribution in [0.1, 0.15) is 50.2 Å². The number of nitrogens with zero attached hydrogens (tertiary/aromatic N) is 6. The maximum atomic E-state index is 12.3. The van der Waals surface area contributed by atoms with Crippen LogP contribution in [0.5, 0.6) is 0 Å². The molecule has 3 aromatic heterocycles. The second-order valence-corrected chi connectivity index (χ2v) is 6.83. The van der Waals surface area contributed by atoms with Crippen LogP contribution < -0.4 is 10.5 Å². The van der Waals surface area contributed by atoms with E-state index < -0.39 is 0 Å². The molecule has 4 rings (SSSR count). The zero-order valence-electron chi connectivity index (χ0n) is 14.6. The first-order valence-electron chi connectivity index (χ1n) is 8.53. The lowest BCUT2D eigenvalue weighted by Crippen LogP contribution is -2.37. The van der Waals surface area contributed by atoms with Crippen molar-refractivity contribution in [1.29, 1.82) is 0 Å². The van der Waals surface area contributed by atoms with Gasteiger partial charge in [0.25, 0.3) is 5.56 Å². The normalized spacial score (nSPS) is 18.4. The predicted molar refractivity (Wildman–Crippen MR) is 91.7 cm³/mol. The quantitative estimate of drug-likeness (QED) is 0.769. The first kappa shape index (κ1) is 15.8. The molecule has 9 heteroatoms. The molecule has 0 aromatic carbocycles. The number of nitrogens with one attached hydrogen (secondary N) is 1. The molecule has 1 atom stereocenters. The van der Waals surface area contributed by atoms with Crippen LogP contribution in [0.15, 0.2) is 15.5 Å². The molecule has 1 fully saturated rings. The highest BCUT2D eigenvalue weighted by Gasteiger charge is 2.27.